The van der Waals surface area contributed by atoms with Crippen molar-refractivity contribution >= 4 is 11.5 Å². The van der Waals surface area contributed by atoms with E-state index in [0.717, 1.165) is 38.9 Å². The lowest BCUT2D eigenvalue weighted by molar-refractivity contribution is -0.208. The van der Waals surface area contributed by atoms with Gasteiger partial charge in [-0.15, -0.1) is 0 Å². The van der Waals surface area contributed by atoms with Crippen molar-refractivity contribution in [2.45, 2.75) is 37.3 Å². The Bertz CT molecular complexity index is 508. The zero-order valence-electron chi connectivity index (χ0n) is 11.6. The maximum atomic E-state index is 11.8. The minimum absolute atomic E-state index is 0.113. The van der Waals surface area contributed by atoms with Crippen molar-refractivity contribution in [3.8, 4) is 0 Å². The third kappa shape index (κ3) is 1.86. The van der Waals surface area contributed by atoms with Crippen molar-refractivity contribution in [3.05, 3.63) is 30.3 Å². The van der Waals surface area contributed by atoms with Crippen LogP contribution in [0.15, 0.2) is 30.3 Å². The predicted octanol–water partition coefficient (Wildman–Crippen LogP) is 2.00. The van der Waals surface area contributed by atoms with Crippen LogP contribution < -0.4 is 4.90 Å². The number of carbonyl (C=O) groups excluding carboxylic acids is 1. The minimum atomic E-state index is -0.160. The molecular formula is C16H20N2O2. The van der Waals surface area contributed by atoms with Crippen molar-refractivity contribution in [1.29, 1.82) is 0 Å². The Hall–Kier alpha value is -1.39. The molecule has 0 aromatic heterocycles. The average Bonchev–Trinajstić information content (AvgIpc) is 2.79. The Morgan fingerprint density at radius 2 is 1.85 bits per heavy atom. The molecule has 1 spiro atoms. The van der Waals surface area contributed by atoms with Crippen LogP contribution in [-0.4, -0.2) is 42.1 Å². The zero-order valence-corrected chi connectivity index (χ0v) is 11.6. The fourth-order valence-electron chi connectivity index (χ4n) is 3.86. The second kappa shape index (κ2) is 4.57. The molecule has 4 heteroatoms. The van der Waals surface area contributed by atoms with Gasteiger partial charge in [-0.05, 0) is 25.0 Å². The quantitative estimate of drug-likeness (QED) is 0.783. The first-order valence-electron chi connectivity index (χ1n) is 7.54. The maximum Gasteiger partial charge on any atom is 0.165 e. The molecule has 2 bridgehead atoms. The Labute approximate surface area is 119 Å². The van der Waals surface area contributed by atoms with Gasteiger partial charge in [0.25, 0.3) is 0 Å². The summed E-state index contributed by atoms with van der Waals surface area (Å²) >= 11 is 0. The number of piperidine rings is 1. The van der Waals surface area contributed by atoms with Crippen LogP contribution in [0.5, 0.6) is 0 Å². The average molecular weight is 272 g/mol. The molecule has 0 saturated carbocycles. The smallest absolute Gasteiger partial charge is 0.165 e. The Morgan fingerprint density at radius 1 is 1.10 bits per heavy atom. The molecule has 3 aliphatic rings. The van der Waals surface area contributed by atoms with Crippen LogP contribution in [-0.2, 0) is 9.63 Å². The van der Waals surface area contributed by atoms with Gasteiger partial charge >= 0.3 is 0 Å². The standard InChI is InChI=1S/C16H20N2O2/c19-14-6-9-18-16(12-15(14)20-18)7-10-17(11-8-16)13-4-2-1-3-5-13/h1-5,15H,6-12H2. The number of anilines is 1. The second-order valence-corrected chi connectivity index (χ2v) is 6.16. The van der Waals surface area contributed by atoms with E-state index in [1.165, 1.54) is 5.69 Å². The van der Waals surface area contributed by atoms with Gasteiger partial charge in [0.2, 0.25) is 0 Å². The Balaban J connectivity index is 1.49. The van der Waals surface area contributed by atoms with Crippen molar-refractivity contribution in [3.63, 3.8) is 0 Å². The highest BCUT2D eigenvalue weighted by Gasteiger charge is 2.52. The molecule has 4 rings (SSSR count). The summed E-state index contributed by atoms with van der Waals surface area (Å²) in [6.07, 6.45) is 3.58. The van der Waals surface area contributed by atoms with Crippen LogP contribution >= 0.6 is 0 Å². The van der Waals surface area contributed by atoms with E-state index in [2.05, 4.69) is 40.3 Å². The van der Waals surface area contributed by atoms with Gasteiger partial charge in [0.1, 0.15) is 6.10 Å². The first-order chi connectivity index (χ1) is 9.77. The van der Waals surface area contributed by atoms with Gasteiger partial charge < -0.3 is 4.90 Å². The van der Waals surface area contributed by atoms with Crippen LogP contribution in [0, 0.1) is 0 Å². The first-order valence-corrected chi connectivity index (χ1v) is 7.54. The van der Waals surface area contributed by atoms with Gasteiger partial charge in [0.15, 0.2) is 5.78 Å². The highest BCUT2D eigenvalue weighted by molar-refractivity contribution is 5.84. The van der Waals surface area contributed by atoms with Crippen molar-refractivity contribution in [1.82, 2.24) is 5.06 Å². The summed E-state index contributed by atoms with van der Waals surface area (Å²) in [5.41, 5.74) is 1.41. The summed E-state index contributed by atoms with van der Waals surface area (Å²) in [6, 6.07) is 10.6. The largest absolute Gasteiger partial charge is 0.371 e. The first kappa shape index (κ1) is 12.4. The molecule has 3 fully saturated rings. The van der Waals surface area contributed by atoms with Gasteiger partial charge in [-0.2, -0.15) is 5.06 Å². The number of Topliss-reactive ketones (excluding diaryl/α,β-unsaturated/α-hetero) is 1. The number of para-hydroxylation sites is 1. The Morgan fingerprint density at radius 3 is 2.55 bits per heavy atom. The molecule has 2 unspecified atom stereocenters. The van der Waals surface area contributed by atoms with Crippen LogP contribution in [0.3, 0.4) is 0 Å². The molecule has 1 aromatic carbocycles. The monoisotopic (exact) mass is 272 g/mol. The molecule has 0 N–H and O–H groups in total. The van der Waals surface area contributed by atoms with Crippen LogP contribution in [0.1, 0.15) is 25.7 Å². The minimum Gasteiger partial charge on any atom is -0.371 e. The van der Waals surface area contributed by atoms with Crippen molar-refractivity contribution in [2.24, 2.45) is 0 Å². The lowest BCUT2D eigenvalue weighted by Gasteiger charge is -2.43. The number of hydrogen-bond acceptors (Lipinski definition) is 4. The molecule has 0 aliphatic carbocycles. The van der Waals surface area contributed by atoms with Gasteiger partial charge in [0.05, 0.1) is 5.54 Å². The molecule has 20 heavy (non-hydrogen) atoms. The number of carbonyl (C=O) groups is 1. The van der Waals surface area contributed by atoms with E-state index in [4.69, 9.17) is 4.84 Å². The molecule has 0 radical (unpaired) electrons. The summed E-state index contributed by atoms with van der Waals surface area (Å²) in [5.74, 6) is 0.295. The fraction of sp³-hybridized carbons (Fsp3) is 0.562. The van der Waals surface area contributed by atoms with E-state index in [9.17, 15) is 4.79 Å². The predicted molar refractivity (Wildman–Crippen MR) is 76.4 cm³/mol. The van der Waals surface area contributed by atoms with Crippen molar-refractivity contribution < 1.29 is 9.63 Å². The third-order valence-electron chi connectivity index (χ3n) is 5.08. The number of fused-ring (bicyclic) bond motifs is 3. The fourth-order valence-corrected chi connectivity index (χ4v) is 3.86. The van der Waals surface area contributed by atoms with E-state index in [-0.39, 0.29) is 11.6 Å². The molecule has 3 heterocycles. The third-order valence-corrected chi connectivity index (χ3v) is 5.08. The van der Waals surface area contributed by atoms with Gasteiger partial charge in [-0.3, -0.25) is 9.63 Å². The zero-order chi connectivity index (χ0) is 13.6. The summed E-state index contributed by atoms with van der Waals surface area (Å²) in [4.78, 5) is 20.1. The molecule has 0 amide bonds. The molecular weight excluding hydrogens is 252 g/mol. The molecule has 3 saturated heterocycles. The highest BCUT2D eigenvalue weighted by Crippen LogP contribution is 2.43. The molecule has 3 aliphatic heterocycles. The SMILES string of the molecule is O=C1CCN2OC1CC21CCN(c2ccccc2)CC1. The van der Waals surface area contributed by atoms with Gasteiger partial charge in [-0.25, -0.2) is 0 Å². The second-order valence-electron chi connectivity index (χ2n) is 6.16. The number of rotatable bonds is 1. The number of ketones is 1. The maximum absolute atomic E-state index is 11.8. The summed E-state index contributed by atoms with van der Waals surface area (Å²) in [6.45, 7) is 2.87. The van der Waals surface area contributed by atoms with Gasteiger partial charge in [0, 0.05) is 38.2 Å². The lowest BCUT2D eigenvalue weighted by atomic mass is 9.83. The van der Waals surface area contributed by atoms with E-state index >= 15 is 0 Å². The summed E-state index contributed by atoms with van der Waals surface area (Å²) < 4.78 is 0. The molecule has 1 aromatic rings. The van der Waals surface area contributed by atoms with E-state index in [1.807, 2.05) is 0 Å². The number of hydroxylamine groups is 2. The van der Waals surface area contributed by atoms with Crippen molar-refractivity contribution in [2.75, 3.05) is 24.5 Å². The molecule has 2 atom stereocenters. The van der Waals surface area contributed by atoms with E-state index in [1.54, 1.807) is 0 Å². The topological polar surface area (TPSA) is 32.8 Å². The van der Waals surface area contributed by atoms with Gasteiger partial charge in [-0.1, -0.05) is 18.2 Å². The highest BCUT2D eigenvalue weighted by atomic mass is 16.7. The Kier molecular flexibility index (Phi) is 2.82. The molecule has 4 nitrogen and oxygen atoms in total. The summed E-state index contributed by atoms with van der Waals surface area (Å²) in [5, 5.41) is 2.13. The van der Waals surface area contributed by atoms with Crippen LogP contribution in [0.25, 0.3) is 0 Å². The number of nitrogens with zero attached hydrogens (tertiary/aromatic N) is 2. The van der Waals surface area contributed by atoms with E-state index < -0.39 is 0 Å². The van der Waals surface area contributed by atoms with Crippen LogP contribution in [0.4, 0.5) is 5.69 Å². The number of benzene rings is 1. The lowest BCUT2D eigenvalue weighted by Crippen LogP contribution is -2.52. The number of hydrogen-bond donors (Lipinski definition) is 0. The normalized spacial score (nSPS) is 31.8. The van der Waals surface area contributed by atoms with Crippen LogP contribution in [0.2, 0.25) is 0 Å². The summed E-state index contributed by atoms with van der Waals surface area (Å²) in [7, 11) is 0. The van der Waals surface area contributed by atoms with E-state index in [0.29, 0.717) is 12.2 Å². The molecule has 106 valence electrons.